The lowest BCUT2D eigenvalue weighted by atomic mass is 9.95. The van der Waals surface area contributed by atoms with Gasteiger partial charge in [-0.25, -0.2) is 4.57 Å². The van der Waals surface area contributed by atoms with E-state index in [4.69, 9.17) is 4.98 Å². The van der Waals surface area contributed by atoms with E-state index in [-0.39, 0.29) is 0 Å². The number of hydrogen-bond acceptors (Lipinski definition) is 1. The van der Waals surface area contributed by atoms with Crippen LogP contribution in [0.4, 0.5) is 0 Å². The molecule has 0 radical (unpaired) electrons. The highest BCUT2D eigenvalue weighted by atomic mass is 15.1. The van der Waals surface area contributed by atoms with Crippen LogP contribution >= 0.6 is 0 Å². The van der Waals surface area contributed by atoms with Gasteiger partial charge >= 0.3 is 0 Å². The molecule has 5 rings (SSSR count). The summed E-state index contributed by atoms with van der Waals surface area (Å²) in [5, 5.41) is 2.59. The molecule has 3 nitrogen and oxygen atoms in total. The van der Waals surface area contributed by atoms with Gasteiger partial charge in [-0.05, 0) is 67.0 Å². The van der Waals surface area contributed by atoms with Crippen molar-refractivity contribution in [2.45, 2.75) is 47.5 Å². The molecule has 0 N–H and O–H groups in total. The van der Waals surface area contributed by atoms with E-state index in [0.29, 0.717) is 11.8 Å². The summed E-state index contributed by atoms with van der Waals surface area (Å²) in [4.78, 5) is 5.31. The maximum absolute atomic E-state index is 5.31. The summed E-state index contributed by atoms with van der Waals surface area (Å²) in [6, 6.07) is 17.8. The van der Waals surface area contributed by atoms with Gasteiger partial charge in [-0.15, -0.1) is 0 Å². The lowest BCUT2D eigenvalue weighted by Gasteiger charge is -2.14. The van der Waals surface area contributed by atoms with Crippen LogP contribution in [-0.2, 0) is 19.9 Å². The molecule has 0 fully saturated rings. The third-order valence-corrected chi connectivity index (χ3v) is 6.36. The van der Waals surface area contributed by atoms with Crippen molar-refractivity contribution in [3.05, 3.63) is 65.4 Å². The number of aryl methyl sites for hydroxylation is 2. The largest absolute Gasteiger partial charge is 0.297 e. The lowest BCUT2D eigenvalue weighted by Crippen LogP contribution is -2.27. The summed E-state index contributed by atoms with van der Waals surface area (Å²) in [6.45, 7) is 11.4. The van der Waals surface area contributed by atoms with E-state index < -0.39 is 0 Å². The molecule has 0 unspecified atom stereocenters. The standard InChI is InChI=1S/C28H32N3/c1-17(2)14-20-10-9-13-24-26(20)27-25(19(5)16-21(29-27)15-18(3)4)28-30(6)22-11-7-8-12-23(22)31(24)28/h7-13,16-18H,14-15H2,1-6H3/q+1. The molecule has 0 aliphatic rings. The van der Waals surface area contributed by atoms with Crippen molar-refractivity contribution in [3.8, 4) is 0 Å². The molecule has 0 amide bonds. The maximum atomic E-state index is 5.31. The van der Waals surface area contributed by atoms with E-state index in [9.17, 15) is 0 Å². The van der Waals surface area contributed by atoms with E-state index in [1.54, 1.807) is 0 Å². The minimum atomic E-state index is 0.585. The van der Waals surface area contributed by atoms with Gasteiger partial charge < -0.3 is 0 Å². The number of fused-ring (bicyclic) bond motifs is 8. The van der Waals surface area contributed by atoms with Crippen LogP contribution < -0.4 is 4.57 Å². The van der Waals surface area contributed by atoms with Crippen molar-refractivity contribution in [1.82, 2.24) is 9.38 Å². The molecular formula is C28H32N3+. The SMILES string of the molecule is Cc1cc(CC(C)C)nc2c3c(CC(C)C)cccc3n3c4ccccc4[n+](C)c3c12. The Labute approximate surface area is 184 Å². The summed E-state index contributed by atoms with van der Waals surface area (Å²) < 4.78 is 4.79. The first kappa shape index (κ1) is 20.0. The molecule has 3 heteroatoms. The molecule has 158 valence electrons. The molecule has 0 aliphatic heterocycles. The summed E-state index contributed by atoms with van der Waals surface area (Å²) in [6.07, 6.45) is 2.06. The molecule has 0 aliphatic carbocycles. The molecule has 0 atom stereocenters. The van der Waals surface area contributed by atoms with Crippen molar-refractivity contribution < 1.29 is 4.57 Å². The van der Waals surface area contributed by atoms with E-state index in [1.807, 2.05) is 0 Å². The summed E-state index contributed by atoms with van der Waals surface area (Å²) in [7, 11) is 2.18. The zero-order valence-electron chi connectivity index (χ0n) is 19.5. The third-order valence-electron chi connectivity index (χ3n) is 6.36. The van der Waals surface area contributed by atoms with Crippen LogP contribution in [0.3, 0.4) is 0 Å². The van der Waals surface area contributed by atoms with Gasteiger partial charge in [-0.3, -0.25) is 4.98 Å². The van der Waals surface area contributed by atoms with Crippen molar-refractivity contribution >= 4 is 38.5 Å². The highest BCUT2D eigenvalue weighted by molar-refractivity contribution is 6.13. The van der Waals surface area contributed by atoms with Crippen LogP contribution in [-0.4, -0.2) is 9.38 Å². The highest BCUT2D eigenvalue weighted by Gasteiger charge is 2.26. The summed E-state index contributed by atoms with van der Waals surface area (Å²) in [5.74, 6) is 1.18. The average Bonchev–Trinajstić information content (AvgIpc) is 3.00. The molecule has 0 saturated carbocycles. The number of benzene rings is 2. The summed E-state index contributed by atoms with van der Waals surface area (Å²) >= 11 is 0. The molecular weight excluding hydrogens is 378 g/mol. The second-order valence-corrected chi connectivity index (χ2v) is 9.87. The van der Waals surface area contributed by atoms with Crippen molar-refractivity contribution in [2.24, 2.45) is 18.9 Å². The summed E-state index contributed by atoms with van der Waals surface area (Å²) in [5.41, 5.74) is 10.0. The number of imidazole rings is 1. The molecule has 2 aromatic carbocycles. The number of aromatic nitrogens is 3. The number of nitrogens with zero attached hydrogens (tertiary/aromatic N) is 3. The van der Waals surface area contributed by atoms with Crippen molar-refractivity contribution in [3.63, 3.8) is 0 Å². The molecule has 3 heterocycles. The first-order valence-corrected chi connectivity index (χ1v) is 11.5. The average molecular weight is 411 g/mol. The Balaban J connectivity index is 2.08. The van der Waals surface area contributed by atoms with Crippen LogP contribution in [0.2, 0.25) is 0 Å². The van der Waals surface area contributed by atoms with Crippen molar-refractivity contribution in [2.75, 3.05) is 0 Å². The monoisotopic (exact) mass is 410 g/mol. The van der Waals surface area contributed by atoms with E-state index in [1.165, 1.54) is 49.8 Å². The van der Waals surface area contributed by atoms with Gasteiger partial charge in [-0.2, -0.15) is 4.40 Å². The number of hydrogen-bond donors (Lipinski definition) is 0. The second-order valence-electron chi connectivity index (χ2n) is 9.87. The second kappa shape index (κ2) is 7.33. The molecule has 5 aromatic rings. The topological polar surface area (TPSA) is 21.2 Å². The van der Waals surface area contributed by atoms with Gasteiger partial charge in [0, 0.05) is 5.69 Å². The van der Waals surface area contributed by atoms with Gasteiger partial charge in [0.05, 0.1) is 23.3 Å². The lowest BCUT2D eigenvalue weighted by molar-refractivity contribution is -0.617. The Morgan fingerprint density at radius 1 is 0.871 bits per heavy atom. The smallest absolute Gasteiger partial charge is 0.252 e. The molecule has 0 spiro atoms. The quantitative estimate of drug-likeness (QED) is 0.251. The molecule has 0 bridgehead atoms. The maximum Gasteiger partial charge on any atom is 0.297 e. The number of pyridine rings is 2. The minimum Gasteiger partial charge on any atom is -0.252 e. The van der Waals surface area contributed by atoms with E-state index >= 15 is 0 Å². The normalized spacial score (nSPS) is 12.4. The first-order valence-electron chi connectivity index (χ1n) is 11.5. The number of rotatable bonds is 4. The fourth-order valence-corrected chi connectivity index (χ4v) is 5.22. The number of para-hydroxylation sites is 2. The van der Waals surface area contributed by atoms with Crippen LogP contribution in [0.25, 0.3) is 38.5 Å². The van der Waals surface area contributed by atoms with Crippen LogP contribution in [0, 0.1) is 18.8 Å². The Kier molecular flexibility index (Phi) is 4.73. The highest BCUT2D eigenvalue weighted by Crippen LogP contribution is 2.35. The molecule has 31 heavy (non-hydrogen) atoms. The van der Waals surface area contributed by atoms with Crippen LogP contribution in [0.15, 0.2) is 48.5 Å². The third kappa shape index (κ3) is 3.10. The Morgan fingerprint density at radius 2 is 1.58 bits per heavy atom. The Bertz CT molecular complexity index is 1450. The first-order chi connectivity index (χ1) is 14.9. The van der Waals surface area contributed by atoms with E-state index in [2.05, 4.69) is 99.2 Å². The molecule has 3 aromatic heterocycles. The predicted molar refractivity (Wildman–Crippen MR) is 131 cm³/mol. The zero-order valence-corrected chi connectivity index (χ0v) is 19.5. The van der Waals surface area contributed by atoms with Gasteiger partial charge in [0.1, 0.15) is 5.52 Å². The Hall–Kier alpha value is -2.94. The minimum absolute atomic E-state index is 0.585. The Morgan fingerprint density at radius 3 is 2.32 bits per heavy atom. The van der Waals surface area contributed by atoms with E-state index in [0.717, 1.165) is 18.4 Å². The predicted octanol–water partition coefficient (Wildman–Crippen LogP) is 6.32. The van der Waals surface area contributed by atoms with Gasteiger partial charge in [0.2, 0.25) is 0 Å². The van der Waals surface area contributed by atoms with Crippen LogP contribution in [0.1, 0.15) is 44.5 Å². The fraction of sp³-hybridized carbons (Fsp3) is 0.357. The van der Waals surface area contributed by atoms with Crippen LogP contribution in [0.5, 0.6) is 0 Å². The fourth-order valence-electron chi connectivity index (χ4n) is 5.22. The molecule has 0 saturated heterocycles. The van der Waals surface area contributed by atoms with Gasteiger partial charge in [0.25, 0.3) is 5.65 Å². The zero-order chi connectivity index (χ0) is 21.9. The van der Waals surface area contributed by atoms with Gasteiger partial charge in [-0.1, -0.05) is 52.0 Å². The van der Waals surface area contributed by atoms with Gasteiger partial charge in [0.15, 0.2) is 11.0 Å². The van der Waals surface area contributed by atoms with Crippen molar-refractivity contribution in [1.29, 1.82) is 0 Å².